The van der Waals surface area contributed by atoms with Gasteiger partial charge in [-0.1, -0.05) is 65.7 Å². The van der Waals surface area contributed by atoms with Crippen molar-refractivity contribution in [1.82, 2.24) is 10.2 Å². The molecule has 2 amide bonds. The average Bonchev–Trinajstić information content (AvgIpc) is 3.05. The molecule has 0 aliphatic rings. The third-order valence-electron chi connectivity index (χ3n) is 7.62. The standard InChI is InChI=1S/C35H37Cl2N3O6S/c1-23-16-24(2)18-26(17-23)40(47(43,44)27-14-15-32(45-4)33(20-27)46-5)22-34(41)39(21-28-29(36)12-9-13-30(28)37)31(35(42)38-3)19-25-10-7-6-8-11-25/h6-18,20,31H,19,21-22H2,1-5H3,(H,38,42)/t31-/m1/s1. The van der Waals surface area contributed by atoms with Crippen molar-refractivity contribution in [3.05, 3.63) is 117 Å². The number of rotatable bonds is 13. The molecule has 1 atom stereocenters. The minimum Gasteiger partial charge on any atom is -0.493 e. The normalized spacial score (nSPS) is 11.8. The average molecular weight is 699 g/mol. The largest absolute Gasteiger partial charge is 0.493 e. The summed E-state index contributed by atoms with van der Waals surface area (Å²) in [6.45, 7) is 2.89. The molecule has 0 radical (unpaired) electrons. The number of methoxy groups -OCH3 is 2. The van der Waals surface area contributed by atoms with E-state index in [0.29, 0.717) is 21.4 Å². The minimum absolute atomic E-state index is 0.116. The Morgan fingerprint density at radius 2 is 1.45 bits per heavy atom. The highest BCUT2D eigenvalue weighted by Crippen LogP contribution is 2.33. The molecule has 0 saturated carbocycles. The lowest BCUT2D eigenvalue weighted by atomic mass is 10.0. The van der Waals surface area contributed by atoms with Crippen LogP contribution in [0.3, 0.4) is 0 Å². The van der Waals surface area contributed by atoms with Gasteiger partial charge in [0.2, 0.25) is 11.8 Å². The molecule has 12 heteroatoms. The van der Waals surface area contributed by atoms with Crippen LogP contribution in [0.25, 0.3) is 0 Å². The maximum Gasteiger partial charge on any atom is 0.264 e. The highest BCUT2D eigenvalue weighted by atomic mass is 35.5. The van der Waals surface area contributed by atoms with Gasteiger partial charge in [0.1, 0.15) is 12.6 Å². The van der Waals surface area contributed by atoms with Gasteiger partial charge in [0.05, 0.1) is 24.8 Å². The van der Waals surface area contributed by atoms with Crippen molar-refractivity contribution >= 4 is 50.7 Å². The van der Waals surface area contributed by atoms with E-state index in [4.69, 9.17) is 32.7 Å². The first-order valence-corrected chi connectivity index (χ1v) is 16.9. The lowest BCUT2D eigenvalue weighted by molar-refractivity contribution is -0.139. The van der Waals surface area contributed by atoms with Crippen molar-refractivity contribution in [3.8, 4) is 11.5 Å². The fourth-order valence-electron chi connectivity index (χ4n) is 5.30. The van der Waals surface area contributed by atoms with Crippen LogP contribution in [0.2, 0.25) is 10.0 Å². The second-order valence-corrected chi connectivity index (χ2v) is 13.6. The number of likely N-dealkylation sites (N-methyl/N-ethyl adjacent to an activating group) is 1. The Bertz CT molecular complexity index is 1810. The number of halogens is 2. The van der Waals surface area contributed by atoms with Crippen LogP contribution in [0.15, 0.2) is 89.8 Å². The summed E-state index contributed by atoms with van der Waals surface area (Å²) in [5, 5.41) is 3.26. The van der Waals surface area contributed by atoms with Gasteiger partial charge >= 0.3 is 0 Å². The van der Waals surface area contributed by atoms with Crippen molar-refractivity contribution in [3.63, 3.8) is 0 Å². The Hall–Kier alpha value is -4.25. The summed E-state index contributed by atoms with van der Waals surface area (Å²) < 4.78 is 40.6. The number of aryl methyl sites for hydroxylation is 2. The van der Waals surface area contributed by atoms with Gasteiger partial charge in [-0.15, -0.1) is 0 Å². The van der Waals surface area contributed by atoms with E-state index >= 15 is 0 Å². The molecule has 4 aromatic carbocycles. The number of anilines is 1. The molecule has 0 bridgehead atoms. The molecular formula is C35H37Cl2N3O6S. The topological polar surface area (TPSA) is 105 Å². The van der Waals surface area contributed by atoms with Crippen molar-refractivity contribution < 1.29 is 27.5 Å². The lowest BCUT2D eigenvalue weighted by Crippen LogP contribution is -2.53. The van der Waals surface area contributed by atoms with Crippen LogP contribution >= 0.6 is 23.2 Å². The minimum atomic E-state index is -4.38. The predicted molar refractivity (Wildman–Crippen MR) is 185 cm³/mol. The summed E-state index contributed by atoms with van der Waals surface area (Å²) in [6.07, 6.45) is 0.153. The van der Waals surface area contributed by atoms with Crippen LogP contribution in [-0.4, -0.2) is 59.0 Å². The molecular weight excluding hydrogens is 661 g/mol. The molecule has 4 rings (SSSR count). The quantitative estimate of drug-likeness (QED) is 0.178. The molecule has 4 aromatic rings. The Labute approximate surface area is 286 Å². The summed E-state index contributed by atoms with van der Waals surface area (Å²) in [5.74, 6) is -0.532. The molecule has 1 N–H and O–H groups in total. The van der Waals surface area contributed by atoms with E-state index in [2.05, 4.69) is 5.32 Å². The predicted octanol–water partition coefficient (Wildman–Crippen LogP) is 6.21. The fraction of sp³-hybridized carbons (Fsp3) is 0.257. The Morgan fingerprint density at radius 1 is 0.830 bits per heavy atom. The van der Waals surface area contributed by atoms with Crippen molar-refractivity contribution in [1.29, 1.82) is 0 Å². The second kappa shape index (κ2) is 15.6. The van der Waals surface area contributed by atoms with Gasteiger partial charge in [-0.05, 0) is 66.9 Å². The molecule has 0 spiro atoms. The van der Waals surface area contributed by atoms with Crippen LogP contribution in [0, 0.1) is 13.8 Å². The van der Waals surface area contributed by atoms with Crippen molar-refractivity contribution in [2.45, 2.75) is 37.8 Å². The molecule has 9 nitrogen and oxygen atoms in total. The highest BCUT2D eigenvalue weighted by Gasteiger charge is 2.35. The van der Waals surface area contributed by atoms with Crippen molar-refractivity contribution in [2.75, 3.05) is 32.1 Å². The number of ether oxygens (including phenoxy) is 2. The number of amides is 2. The zero-order chi connectivity index (χ0) is 34.3. The summed E-state index contributed by atoms with van der Waals surface area (Å²) in [7, 11) is -0.0402. The van der Waals surface area contributed by atoms with E-state index in [0.717, 1.165) is 21.0 Å². The van der Waals surface area contributed by atoms with E-state index in [9.17, 15) is 18.0 Å². The van der Waals surface area contributed by atoms with E-state index in [1.807, 2.05) is 50.2 Å². The van der Waals surface area contributed by atoms with Gasteiger partial charge < -0.3 is 19.7 Å². The molecule has 0 heterocycles. The van der Waals surface area contributed by atoms with Crippen LogP contribution in [0.4, 0.5) is 5.69 Å². The van der Waals surface area contributed by atoms with Crippen molar-refractivity contribution in [2.24, 2.45) is 0 Å². The third kappa shape index (κ3) is 8.38. The van der Waals surface area contributed by atoms with E-state index in [1.54, 1.807) is 30.3 Å². The SMILES string of the molecule is CNC(=O)[C@@H](Cc1ccccc1)N(Cc1c(Cl)cccc1Cl)C(=O)CN(c1cc(C)cc(C)c1)S(=O)(=O)c1ccc(OC)c(OC)c1. The number of nitrogens with one attached hydrogen (secondary N) is 1. The zero-order valence-corrected chi connectivity index (χ0v) is 29.1. The summed E-state index contributed by atoms with van der Waals surface area (Å²) in [5.41, 5.74) is 3.10. The molecule has 0 aliphatic heterocycles. The Morgan fingerprint density at radius 3 is 2.02 bits per heavy atom. The van der Waals surface area contributed by atoms with Gasteiger partial charge in [0, 0.05) is 41.7 Å². The second-order valence-electron chi connectivity index (χ2n) is 10.9. The van der Waals surface area contributed by atoms with E-state index < -0.39 is 34.4 Å². The van der Waals surface area contributed by atoms with E-state index in [-0.39, 0.29) is 29.3 Å². The smallest absolute Gasteiger partial charge is 0.264 e. The maximum absolute atomic E-state index is 14.6. The molecule has 0 fully saturated rings. The Kier molecular flexibility index (Phi) is 11.8. The zero-order valence-electron chi connectivity index (χ0n) is 26.8. The number of carbonyl (C=O) groups is 2. The van der Waals surface area contributed by atoms with Crippen LogP contribution in [0.1, 0.15) is 22.3 Å². The summed E-state index contributed by atoms with van der Waals surface area (Å²) >= 11 is 13.1. The molecule has 0 aromatic heterocycles. The summed E-state index contributed by atoms with van der Waals surface area (Å²) in [6, 6.07) is 22.7. The van der Waals surface area contributed by atoms with E-state index in [1.165, 1.54) is 44.4 Å². The van der Waals surface area contributed by atoms with Gasteiger partial charge in [0.25, 0.3) is 10.0 Å². The first kappa shape index (κ1) is 35.6. The maximum atomic E-state index is 14.6. The van der Waals surface area contributed by atoms with Crippen LogP contribution in [-0.2, 0) is 32.6 Å². The van der Waals surface area contributed by atoms with Gasteiger partial charge in [0.15, 0.2) is 11.5 Å². The first-order chi connectivity index (χ1) is 22.4. The molecule has 47 heavy (non-hydrogen) atoms. The number of carbonyl (C=O) groups excluding carboxylic acids is 2. The lowest BCUT2D eigenvalue weighted by Gasteiger charge is -2.34. The number of hydrogen-bond donors (Lipinski definition) is 1. The Balaban J connectivity index is 1.87. The monoisotopic (exact) mass is 697 g/mol. The number of hydrogen-bond acceptors (Lipinski definition) is 6. The van der Waals surface area contributed by atoms with Gasteiger partial charge in [-0.3, -0.25) is 13.9 Å². The first-order valence-electron chi connectivity index (χ1n) is 14.7. The van der Waals surface area contributed by atoms with Crippen LogP contribution < -0.4 is 19.1 Å². The number of sulfonamides is 1. The van der Waals surface area contributed by atoms with Gasteiger partial charge in [-0.25, -0.2) is 8.42 Å². The molecule has 0 saturated heterocycles. The number of benzene rings is 4. The van der Waals surface area contributed by atoms with Crippen LogP contribution in [0.5, 0.6) is 11.5 Å². The summed E-state index contributed by atoms with van der Waals surface area (Å²) in [4.78, 5) is 29.3. The molecule has 0 unspecified atom stereocenters. The third-order valence-corrected chi connectivity index (χ3v) is 10.1. The van der Waals surface area contributed by atoms with Gasteiger partial charge in [-0.2, -0.15) is 0 Å². The molecule has 0 aliphatic carbocycles. The highest BCUT2D eigenvalue weighted by molar-refractivity contribution is 7.92. The number of nitrogens with zero attached hydrogens (tertiary/aromatic N) is 2. The molecule has 248 valence electrons. The fourth-order valence-corrected chi connectivity index (χ4v) is 7.23.